The van der Waals surface area contributed by atoms with Gasteiger partial charge in [0.05, 0.1) is 17.4 Å². The van der Waals surface area contributed by atoms with Crippen LogP contribution in [0.3, 0.4) is 0 Å². The van der Waals surface area contributed by atoms with E-state index in [0.717, 1.165) is 35.1 Å². The number of benzene rings is 2. The molecule has 2 aromatic carbocycles. The van der Waals surface area contributed by atoms with Crippen LogP contribution < -0.4 is 10.9 Å². The Kier molecular flexibility index (Phi) is 5.24. The highest BCUT2D eigenvalue weighted by Crippen LogP contribution is 2.17. The number of hydrogen-bond donors (Lipinski definition) is 2. The summed E-state index contributed by atoms with van der Waals surface area (Å²) >= 11 is 0. The Balaban J connectivity index is 1.36. The molecule has 0 aliphatic carbocycles. The van der Waals surface area contributed by atoms with Gasteiger partial charge in [0.15, 0.2) is 0 Å². The van der Waals surface area contributed by atoms with Crippen LogP contribution in [-0.2, 0) is 6.54 Å². The summed E-state index contributed by atoms with van der Waals surface area (Å²) in [6, 6.07) is 19.1. The van der Waals surface area contributed by atoms with Gasteiger partial charge in [0, 0.05) is 18.8 Å². The molecule has 0 unspecified atom stereocenters. The van der Waals surface area contributed by atoms with Crippen LogP contribution in [0.15, 0.2) is 71.8 Å². The van der Waals surface area contributed by atoms with E-state index in [9.17, 15) is 9.59 Å². The van der Waals surface area contributed by atoms with Crippen LogP contribution in [0, 0.1) is 6.92 Å². The molecule has 4 aromatic rings. The molecule has 0 atom stereocenters. The average molecular weight is 386 g/mol. The van der Waals surface area contributed by atoms with Gasteiger partial charge in [0.1, 0.15) is 5.56 Å². The average Bonchev–Trinajstić information content (AvgIpc) is 3.14. The Morgan fingerprint density at radius 3 is 2.79 bits per heavy atom. The molecule has 2 N–H and O–H groups in total. The molecule has 6 heteroatoms. The molecule has 0 radical (unpaired) electrons. The van der Waals surface area contributed by atoms with Crippen molar-refractivity contribution in [2.45, 2.75) is 19.9 Å². The van der Waals surface area contributed by atoms with Gasteiger partial charge in [0.2, 0.25) is 0 Å². The lowest BCUT2D eigenvalue weighted by Gasteiger charge is -2.08. The van der Waals surface area contributed by atoms with E-state index in [1.165, 1.54) is 0 Å². The zero-order valence-corrected chi connectivity index (χ0v) is 16.2. The quantitative estimate of drug-likeness (QED) is 0.498. The number of rotatable bonds is 6. The second-order valence-electron chi connectivity index (χ2n) is 7.02. The number of nitrogens with zero attached hydrogens (tertiary/aromatic N) is 2. The first-order valence-corrected chi connectivity index (χ1v) is 9.60. The van der Waals surface area contributed by atoms with Crippen LogP contribution in [0.5, 0.6) is 0 Å². The maximum atomic E-state index is 12.4. The first-order valence-electron chi connectivity index (χ1n) is 9.60. The van der Waals surface area contributed by atoms with Crippen LogP contribution in [0.25, 0.3) is 22.3 Å². The van der Waals surface area contributed by atoms with Crippen molar-refractivity contribution >= 4 is 16.9 Å². The minimum absolute atomic E-state index is 0.120. The van der Waals surface area contributed by atoms with E-state index in [4.69, 9.17) is 0 Å². The number of carbonyl (C=O) groups is 1. The van der Waals surface area contributed by atoms with E-state index in [-0.39, 0.29) is 17.0 Å². The summed E-state index contributed by atoms with van der Waals surface area (Å²) < 4.78 is 2.06. The van der Waals surface area contributed by atoms with E-state index in [0.29, 0.717) is 12.2 Å². The summed E-state index contributed by atoms with van der Waals surface area (Å²) in [5, 5.41) is 2.83. The molecule has 0 aliphatic heterocycles. The molecule has 0 spiro atoms. The number of aromatic amines is 1. The van der Waals surface area contributed by atoms with Crippen molar-refractivity contribution in [1.29, 1.82) is 0 Å². The first kappa shape index (κ1) is 18.7. The fourth-order valence-electron chi connectivity index (χ4n) is 3.37. The maximum absolute atomic E-state index is 12.4. The third-order valence-electron chi connectivity index (χ3n) is 4.87. The number of hydrogen-bond acceptors (Lipinski definition) is 3. The predicted octanol–water partition coefficient (Wildman–Crippen LogP) is 3.52. The van der Waals surface area contributed by atoms with Crippen molar-refractivity contribution in [3.8, 4) is 11.3 Å². The van der Waals surface area contributed by atoms with E-state index < -0.39 is 0 Å². The van der Waals surface area contributed by atoms with Crippen molar-refractivity contribution in [3.05, 3.63) is 88.5 Å². The number of amides is 1. The molecule has 6 nitrogen and oxygen atoms in total. The molecule has 2 aromatic heterocycles. The number of carbonyl (C=O) groups excluding carboxylic acids is 1. The zero-order chi connectivity index (χ0) is 20.2. The molecule has 4 rings (SSSR count). The molecule has 0 saturated heterocycles. The fraction of sp³-hybridized carbons (Fsp3) is 0.174. The Morgan fingerprint density at radius 1 is 1.10 bits per heavy atom. The number of fused-ring (bicyclic) bond motifs is 1. The summed E-state index contributed by atoms with van der Waals surface area (Å²) in [7, 11) is 0. The third kappa shape index (κ3) is 4.11. The van der Waals surface area contributed by atoms with E-state index in [2.05, 4.69) is 19.9 Å². The number of H-pyrrole nitrogens is 1. The number of imidazole rings is 1. The summed E-state index contributed by atoms with van der Waals surface area (Å²) in [5.41, 5.74) is 4.48. The van der Waals surface area contributed by atoms with Gasteiger partial charge in [0.25, 0.3) is 11.5 Å². The van der Waals surface area contributed by atoms with Crippen LogP contribution in [0.2, 0.25) is 0 Å². The molecular formula is C23H22N4O2. The van der Waals surface area contributed by atoms with Gasteiger partial charge in [-0.1, -0.05) is 35.9 Å². The van der Waals surface area contributed by atoms with Crippen LogP contribution in [0.4, 0.5) is 0 Å². The predicted molar refractivity (Wildman–Crippen MR) is 114 cm³/mol. The highest BCUT2D eigenvalue weighted by Gasteiger charge is 2.11. The third-order valence-corrected chi connectivity index (χ3v) is 4.87. The van der Waals surface area contributed by atoms with Gasteiger partial charge in [-0.2, -0.15) is 0 Å². The highest BCUT2D eigenvalue weighted by atomic mass is 16.2. The fourth-order valence-corrected chi connectivity index (χ4v) is 3.37. The molecule has 1 amide bonds. The molecule has 146 valence electrons. The monoisotopic (exact) mass is 386 g/mol. The van der Waals surface area contributed by atoms with E-state index in [1.807, 2.05) is 55.5 Å². The molecule has 0 bridgehead atoms. The number of aromatic nitrogens is 3. The number of para-hydroxylation sites is 2. The summed E-state index contributed by atoms with van der Waals surface area (Å²) in [6.07, 6.45) is 2.55. The minimum Gasteiger partial charge on any atom is -0.352 e. The van der Waals surface area contributed by atoms with E-state index in [1.54, 1.807) is 18.5 Å². The Bertz CT molecular complexity index is 1220. The molecule has 0 saturated carbocycles. The van der Waals surface area contributed by atoms with Crippen LogP contribution >= 0.6 is 0 Å². The van der Waals surface area contributed by atoms with Gasteiger partial charge < -0.3 is 14.9 Å². The zero-order valence-electron chi connectivity index (χ0n) is 16.2. The number of aryl methyl sites for hydroxylation is 2. The summed E-state index contributed by atoms with van der Waals surface area (Å²) in [5.74, 6) is -0.363. The van der Waals surface area contributed by atoms with Gasteiger partial charge in [-0.25, -0.2) is 4.98 Å². The van der Waals surface area contributed by atoms with E-state index >= 15 is 0 Å². The first-order chi connectivity index (χ1) is 14.1. The standard InChI is InChI=1S/C23H22N4O2/c1-16-6-4-7-17(14-16)19-11-10-18(23(29)26-19)22(28)24-12-5-13-27-15-25-20-8-2-3-9-21(20)27/h2-4,6-11,14-15H,5,12-13H2,1H3,(H,24,28)(H,26,29). The Hall–Kier alpha value is -3.67. The second kappa shape index (κ2) is 8.14. The van der Waals surface area contributed by atoms with Gasteiger partial charge in [-0.3, -0.25) is 9.59 Å². The maximum Gasteiger partial charge on any atom is 0.261 e. The minimum atomic E-state index is -0.387. The molecule has 0 aliphatic rings. The molecule has 2 heterocycles. The van der Waals surface area contributed by atoms with Gasteiger partial charge in [-0.05, 0) is 49.2 Å². The van der Waals surface area contributed by atoms with Crippen molar-refractivity contribution in [2.24, 2.45) is 0 Å². The van der Waals surface area contributed by atoms with Gasteiger partial charge in [-0.15, -0.1) is 0 Å². The smallest absolute Gasteiger partial charge is 0.261 e. The SMILES string of the molecule is Cc1cccc(-c2ccc(C(=O)NCCCn3cnc4ccccc43)c(=O)[nH]2)c1. The number of pyridine rings is 1. The lowest BCUT2D eigenvalue weighted by Crippen LogP contribution is -2.30. The second-order valence-corrected chi connectivity index (χ2v) is 7.02. The number of nitrogens with one attached hydrogen (secondary N) is 2. The Morgan fingerprint density at radius 2 is 1.97 bits per heavy atom. The van der Waals surface area contributed by atoms with Crippen molar-refractivity contribution in [2.75, 3.05) is 6.54 Å². The Labute approximate surface area is 168 Å². The lowest BCUT2D eigenvalue weighted by molar-refractivity contribution is 0.0951. The van der Waals surface area contributed by atoms with Crippen molar-refractivity contribution < 1.29 is 4.79 Å². The molecule has 29 heavy (non-hydrogen) atoms. The van der Waals surface area contributed by atoms with Crippen LogP contribution in [0.1, 0.15) is 22.3 Å². The summed E-state index contributed by atoms with van der Waals surface area (Å²) in [4.78, 5) is 31.9. The summed E-state index contributed by atoms with van der Waals surface area (Å²) in [6.45, 7) is 3.21. The highest BCUT2D eigenvalue weighted by molar-refractivity contribution is 5.94. The van der Waals surface area contributed by atoms with Crippen LogP contribution in [-0.4, -0.2) is 27.0 Å². The van der Waals surface area contributed by atoms with Gasteiger partial charge >= 0.3 is 0 Å². The van der Waals surface area contributed by atoms with Crippen molar-refractivity contribution in [3.63, 3.8) is 0 Å². The van der Waals surface area contributed by atoms with Crippen molar-refractivity contribution in [1.82, 2.24) is 19.9 Å². The topological polar surface area (TPSA) is 79.8 Å². The lowest BCUT2D eigenvalue weighted by atomic mass is 10.1. The normalized spacial score (nSPS) is 10.9. The largest absolute Gasteiger partial charge is 0.352 e. The molecule has 0 fully saturated rings. The molecular weight excluding hydrogens is 364 g/mol.